The van der Waals surface area contributed by atoms with Gasteiger partial charge in [-0.3, -0.25) is 5.32 Å². The van der Waals surface area contributed by atoms with Crippen molar-refractivity contribution in [3.63, 3.8) is 0 Å². The van der Waals surface area contributed by atoms with Crippen LogP contribution < -0.4 is 10.1 Å². The van der Waals surface area contributed by atoms with E-state index in [1.807, 2.05) is 6.07 Å². The number of anilines is 1. The number of aryl methyl sites for hydroxylation is 1. The van der Waals surface area contributed by atoms with Crippen LogP contribution in [0.3, 0.4) is 0 Å². The van der Waals surface area contributed by atoms with Gasteiger partial charge in [0.15, 0.2) is 0 Å². The maximum Gasteiger partial charge on any atom is 0.412 e. The minimum atomic E-state index is -0.552. The molecule has 0 unspecified atom stereocenters. The van der Waals surface area contributed by atoms with Crippen LogP contribution in [0.5, 0.6) is 5.75 Å². The largest absolute Gasteiger partial charge is 0.497 e. The molecule has 0 spiro atoms. The van der Waals surface area contributed by atoms with E-state index in [1.165, 1.54) is 0 Å². The van der Waals surface area contributed by atoms with E-state index in [2.05, 4.69) is 11.4 Å². The Morgan fingerprint density at radius 1 is 1.40 bits per heavy atom. The lowest BCUT2D eigenvalue weighted by Gasteiger charge is -2.20. The molecule has 0 saturated carbocycles. The highest BCUT2D eigenvalue weighted by atomic mass is 16.6. The fourth-order valence-corrected chi connectivity index (χ4v) is 1.63. The molecule has 0 aliphatic carbocycles. The minimum absolute atomic E-state index is 0.371. The minimum Gasteiger partial charge on any atom is -0.497 e. The average Bonchev–Trinajstić information content (AvgIpc) is 2.35. The summed E-state index contributed by atoms with van der Waals surface area (Å²) in [6.45, 7) is 5.41. The van der Waals surface area contributed by atoms with Gasteiger partial charge >= 0.3 is 6.09 Å². The monoisotopic (exact) mass is 276 g/mol. The first kappa shape index (κ1) is 15.8. The maximum atomic E-state index is 11.8. The van der Waals surface area contributed by atoms with Crippen molar-refractivity contribution in [2.75, 3.05) is 12.4 Å². The molecule has 5 heteroatoms. The number of hydrogen-bond acceptors (Lipinski definition) is 4. The van der Waals surface area contributed by atoms with Crippen molar-refractivity contribution in [1.82, 2.24) is 0 Å². The topological polar surface area (TPSA) is 71.3 Å². The van der Waals surface area contributed by atoms with Gasteiger partial charge in [0.25, 0.3) is 0 Å². The summed E-state index contributed by atoms with van der Waals surface area (Å²) in [6.07, 6.45) is 0.399. The van der Waals surface area contributed by atoms with Gasteiger partial charge in [0, 0.05) is 12.1 Å². The molecule has 1 aromatic rings. The summed E-state index contributed by atoms with van der Waals surface area (Å²) in [4.78, 5) is 11.8. The number of nitriles is 1. The molecule has 1 amide bonds. The molecule has 0 aromatic heterocycles. The molecule has 0 atom stereocenters. The van der Waals surface area contributed by atoms with Crippen molar-refractivity contribution in [1.29, 1.82) is 5.26 Å². The molecule has 0 saturated heterocycles. The van der Waals surface area contributed by atoms with Crippen LogP contribution in [0.2, 0.25) is 0 Å². The summed E-state index contributed by atoms with van der Waals surface area (Å²) < 4.78 is 10.4. The average molecular weight is 276 g/mol. The Bertz CT molecular complexity index is 513. The summed E-state index contributed by atoms with van der Waals surface area (Å²) >= 11 is 0. The normalized spacial score (nSPS) is 10.6. The van der Waals surface area contributed by atoms with Crippen LogP contribution in [0.4, 0.5) is 10.5 Å². The second kappa shape index (κ2) is 6.80. The molecule has 0 aliphatic rings. The van der Waals surface area contributed by atoms with E-state index in [4.69, 9.17) is 14.7 Å². The van der Waals surface area contributed by atoms with Gasteiger partial charge < -0.3 is 9.47 Å². The quantitative estimate of drug-likeness (QED) is 0.913. The van der Waals surface area contributed by atoms with Gasteiger partial charge in [0.2, 0.25) is 0 Å². The summed E-state index contributed by atoms with van der Waals surface area (Å²) in [7, 11) is 1.57. The summed E-state index contributed by atoms with van der Waals surface area (Å²) in [5.41, 5.74) is 0.927. The van der Waals surface area contributed by atoms with Gasteiger partial charge in [-0.2, -0.15) is 5.26 Å². The Hall–Kier alpha value is -2.22. The number of ether oxygens (including phenoxy) is 2. The van der Waals surface area contributed by atoms with Crippen LogP contribution in [0.1, 0.15) is 32.8 Å². The van der Waals surface area contributed by atoms with Crippen LogP contribution in [0, 0.1) is 11.3 Å². The molecule has 108 valence electrons. The summed E-state index contributed by atoms with van der Waals surface area (Å²) in [5, 5.41) is 11.4. The van der Waals surface area contributed by atoms with Crippen molar-refractivity contribution in [3.05, 3.63) is 23.8 Å². The third-order valence-corrected chi connectivity index (χ3v) is 2.45. The Labute approximate surface area is 119 Å². The van der Waals surface area contributed by atoms with E-state index in [0.29, 0.717) is 24.3 Å². The zero-order valence-corrected chi connectivity index (χ0v) is 12.3. The van der Waals surface area contributed by atoms with Crippen LogP contribution in [0.15, 0.2) is 18.2 Å². The molecule has 1 N–H and O–H groups in total. The summed E-state index contributed by atoms with van der Waals surface area (Å²) in [5.74, 6) is 0.688. The van der Waals surface area contributed by atoms with Gasteiger partial charge in [-0.25, -0.2) is 4.79 Å². The van der Waals surface area contributed by atoms with Gasteiger partial charge in [0.05, 0.1) is 13.2 Å². The lowest BCUT2D eigenvalue weighted by molar-refractivity contribution is 0.0636. The SMILES string of the molecule is COc1ccc(NC(=O)OC(C)(C)C)c(CCC#N)c1. The van der Waals surface area contributed by atoms with Crippen molar-refractivity contribution < 1.29 is 14.3 Å². The first-order valence-electron chi connectivity index (χ1n) is 6.39. The molecule has 0 bridgehead atoms. The van der Waals surface area contributed by atoms with Gasteiger partial charge in [-0.15, -0.1) is 0 Å². The molecular weight excluding hydrogens is 256 g/mol. The van der Waals surface area contributed by atoms with Gasteiger partial charge in [0.1, 0.15) is 11.4 Å². The molecule has 0 aliphatic heterocycles. The van der Waals surface area contributed by atoms with E-state index in [1.54, 1.807) is 40.0 Å². The Kier molecular flexibility index (Phi) is 5.39. The number of nitrogens with one attached hydrogen (secondary N) is 1. The molecule has 0 radical (unpaired) electrons. The number of carbonyl (C=O) groups excluding carboxylic acids is 1. The molecule has 1 rings (SSSR count). The highest BCUT2D eigenvalue weighted by Gasteiger charge is 2.17. The molecule has 5 nitrogen and oxygen atoms in total. The third kappa shape index (κ3) is 5.19. The van der Waals surface area contributed by atoms with Crippen LogP contribution in [-0.2, 0) is 11.2 Å². The van der Waals surface area contributed by atoms with Crippen LogP contribution >= 0.6 is 0 Å². The number of benzene rings is 1. The Morgan fingerprint density at radius 3 is 2.65 bits per heavy atom. The van der Waals surface area contributed by atoms with E-state index in [0.717, 1.165) is 5.56 Å². The van der Waals surface area contributed by atoms with Gasteiger partial charge in [-0.05, 0) is 51.0 Å². The van der Waals surface area contributed by atoms with Crippen molar-refractivity contribution >= 4 is 11.8 Å². The lowest BCUT2D eigenvalue weighted by atomic mass is 10.1. The second-order valence-electron chi connectivity index (χ2n) is 5.31. The fourth-order valence-electron chi connectivity index (χ4n) is 1.63. The predicted molar refractivity (Wildman–Crippen MR) is 76.8 cm³/mol. The van der Waals surface area contributed by atoms with E-state index < -0.39 is 11.7 Å². The first-order valence-corrected chi connectivity index (χ1v) is 6.39. The number of rotatable bonds is 4. The highest BCUT2D eigenvalue weighted by molar-refractivity contribution is 5.86. The lowest BCUT2D eigenvalue weighted by Crippen LogP contribution is -2.27. The maximum absolute atomic E-state index is 11.8. The zero-order chi connectivity index (χ0) is 15.2. The molecule has 0 heterocycles. The van der Waals surface area contributed by atoms with Crippen LogP contribution in [-0.4, -0.2) is 18.8 Å². The molecule has 1 aromatic carbocycles. The molecule has 20 heavy (non-hydrogen) atoms. The number of carbonyl (C=O) groups is 1. The zero-order valence-electron chi connectivity index (χ0n) is 12.3. The molecule has 0 fully saturated rings. The molecular formula is C15H20N2O3. The van der Waals surface area contributed by atoms with Crippen molar-refractivity contribution in [3.8, 4) is 11.8 Å². The van der Waals surface area contributed by atoms with E-state index in [-0.39, 0.29) is 0 Å². The highest BCUT2D eigenvalue weighted by Crippen LogP contribution is 2.24. The number of nitrogens with zero attached hydrogens (tertiary/aromatic N) is 1. The van der Waals surface area contributed by atoms with Gasteiger partial charge in [-0.1, -0.05) is 0 Å². The van der Waals surface area contributed by atoms with Crippen molar-refractivity contribution in [2.24, 2.45) is 0 Å². The number of methoxy groups -OCH3 is 1. The number of amides is 1. The Balaban J connectivity index is 2.87. The smallest absolute Gasteiger partial charge is 0.412 e. The number of hydrogen-bond donors (Lipinski definition) is 1. The van der Waals surface area contributed by atoms with Crippen LogP contribution in [0.25, 0.3) is 0 Å². The standard InChI is InChI=1S/C15H20N2O3/c1-15(2,3)20-14(18)17-13-8-7-12(19-4)10-11(13)6-5-9-16/h7-8,10H,5-6H2,1-4H3,(H,17,18). The summed E-state index contributed by atoms with van der Waals surface area (Å²) in [6, 6.07) is 7.40. The third-order valence-electron chi connectivity index (χ3n) is 2.45. The Morgan fingerprint density at radius 2 is 2.10 bits per heavy atom. The van der Waals surface area contributed by atoms with E-state index in [9.17, 15) is 4.79 Å². The fraction of sp³-hybridized carbons (Fsp3) is 0.467. The first-order chi connectivity index (χ1) is 9.35. The second-order valence-corrected chi connectivity index (χ2v) is 5.31. The predicted octanol–water partition coefficient (Wildman–Crippen LogP) is 3.50. The van der Waals surface area contributed by atoms with Crippen molar-refractivity contribution in [2.45, 2.75) is 39.2 Å². The van der Waals surface area contributed by atoms with E-state index >= 15 is 0 Å².